The fourth-order valence-corrected chi connectivity index (χ4v) is 7.42. The molecule has 1 aliphatic rings. The lowest BCUT2D eigenvalue weighted by Crippen LogP contribution is -2.39. The first-order valence-corrected chi connectivity index (χ1v) is 21.5. The average molecular weight is 631 g/mol. The van der Waals surface area contributed by atoms with Gasteiger partial charge in [0.15, 0.2) is 0 Å². The van der Waals surface area contributed by atoms with Crippen LogP contribution < -0.4 is 0 Å². The predicted octanol–water partition coefficient (Wildman–Crippen LogP) is 15.1. The summed E-state index contributed by atoms with van der Waals surface area (Å²) in [5.41, 5.74) is 0. The van der Waals surface area contributed by atoms with Crippen LogP contribution in [0.15, 0.2) is 12.4 Å². The topological polar surface area (TPSA) is 6.48 Å². The molecule has 1 unspecified atom stereocenters. The molecule has 0 N–H and O–H groups in total. The largest absolute Gasteiger partial charge is 0.356 e. The molecule has 0 saturated heterocycles. The lowest BCUT2D eigenvalue weighted by atomic mass is 10.0. The van der Waals surface area contributed by atoms with Crippen LogP contribution >= 0.6 is 0 Å². The minimum absolute atomic E-state index is 0.639. The van der Waals surface area contributed by atoms with E-state index in [-0.39, 0.29) is 0 Å². The van der Waals surface area contributed by atoms with Crippen LogP contribution in [0.5, 0.6) is 0 Å². The van der Waals surface area contributed by atoms with Gasteiger partial charge in [-0.15, -0.1) is 0 Å². The third kappa shape index (κ3) is 27.0. The van der Waals surface area contributed by atoms with E-state index in [1.807, 2.05) is 0 Å². The molecule has 0 amide bonds. The first-order chi connectivity index (χ1) is 22.3. The van der Waals surface area contributed by atoms with Crippen LogP contribution in [-0.2, 0) is 0 Å². The van der Waals surface area contributed by atoms with Gasteiger partial charge in [0.2, 0.25) is 0 Å². The lowest BCUT2D eigenvalue weighted by Gasteiger charge is -2.33. The van der Waals surface area contributed by atoms with Crippen molar-refractivity contribution in [3.63, 3.8) is 0 Å². The molecule has 45 heavy (non-hydrogen) atoms. The molecule has 0 spiro atoms. The van der Waals surface area contributed by atoms with Gasteiger partial charge in [-0.2, -0.15) is 0 Å². The van der Waals surface area contributed by atoms with Gasteiger partial charge in [-0.3, -0.25) is 0 Å². The summed E-state index contributed by atoms with van der Waals surface area (Å²) in [6.07, 6.45) is 55.9. The molecular formula is C43H86N2. The Hall–Kier alpha value is -0.660. The summed E-state index contributed by atoms with van der Waals surface area (Å²) in [4.78, 5) is 5.44. The van der Waals surface area contributed by atoms with Crippen molar-refractivity contribution in [2.75, 3.05) is 13.1 Å². The van der Waals surface area contributed by atoms with Crippen molar-refractivity contribution in [3.8, 4) is 0 Å². The molecule has 2 heteroatoms. The SMILES string of the molecule is CCCCCCCCCCCCCCCCCCN1C=CN(CCCCCCCCCCCCCC)C1CCCCCCCC. The molecule has 0 fully saturated rings. The van der Waals surface area contributed by atoms with Crippen LogP contribution in [0.2, 0.25) is 0 Å². The van der Waals surface area contributed by atoms with E-state index in [0.717, 1.165) is 0 Å². The molecule has 0 aromatic heterocycles. The van der Waals surface area contributed by atoms with Crippen LogP contribution in [0.1, 0.15) is 245 Å². The molecule has 1 heterocycles. The second-order valence-electron chi connectivity index (χ2n) is 15.0. The van der Waals surface area contributed by atoms with Gasteiger partial charge in [0.1, 0.15) is 6.17 Å². The van der Waals surface area contributed by atoms with Crippen LogP contribution in [-0.4, -0.2) is 29.1 Å². The molecule has 0 saturated carbocycles. The van der Waals surface area contributed by atoms with E-state index >= 15 is 0 Å². The maximum atomic E-state index is 2.72. The smallest absolute Gasteiger partial charge is 0.101 e. The van der Waals surface area contributed by atoms with Gasteiger partial charge in [0.05, 0.1) is 0 Å². The Morgan fingerprint density at radius 3 is 0.778 bits per heavy atom. The molecule has 1 atom stereocenters. The summed E-state index contributed by atoms with van der Waals surface area (Å²) >= 11 is 0. The first-order valence-electron chi connectivity index (χ1n) is 21.5. The third-order valence-electron chi connectivity index (χ3n) is 10.6. The minimum atomic E-state index is 0.639. The van der Waals surface area contributed by atoms with E-state index in [9.17, 15) is 0 Å². The fourth-order valence-electron chi connectivity index (χ4n) is 7.42. The number of hydrogen-bond donors (Lipinski definition) is 0. The van der Waals surface area contributed by atoms with E-state index in [0.29, 0.717) is 6.17 Å². The molecule has 0 aromatic rings. The second-order valence-corrected chi connectivity index (χ2v) is 15.0. The van der Waals surface area contributed by atoms with Crippen LogP contribution in [0.25, 0.3) is 0 Å². The molecule has 1 rings (SSSR count). The average Bonchev–Trinajstić information content (AvgIpc) is 3.43. The Balaban J connectivity index is 2.12. The Bertz CT molecular complexity index is 586. The Labute approximate surface area is 286 Å². The van der Waals surface area contributed by atoms with Crippen LogP contribution in [0, 0.1) is 0 Å². The molecule has 2 nitrogen and oxygen atoms in total. The van der Waals surface area contributed by atoms with Gasteiger partial charge in [-0.1, -0.05) is 220 Å². The molecule has 0 aromatic carbocycles. The van der Waals surface area contributed by atoms with Crippen molar-refractivity contribution in [1.82, 2.24) is 9.80 Å². The highest BCUT2D eigenvalue weighted by Gasteiger charge is 2.24. The Morgan fingerprint density at radius 2 is 0.511 bits per heavy atom. The van der Waals surface area contributed by atoms with E-state index in [1.54, 1.807) is 0 Å². The van der Waals surface area contributed by atoms with E-state index in [2.05, 4.69) is 43.0 Å². The number of rotatable bonds is 37. The van der Waals surface area contributed by atoms with Crippen molar-refractivity contribution >= 4 is 0 Å². The summed E-state index contributed by atoms with van der Waals surface area (Å²) in [6.45, 7) is 9.49. The van der Waals surface area contributed by atoms with Gasteiger partial charge in [-0.25, -0.2) is 0 Å². The fraction of sp³-hybridized carbons (Fsp3) is 0.953. The minimum Gasteiger partial charge on any atom is -0.356 e. The number of hydrogen-bond acceptors (Lipinski definition) is 2. The van der Waals surface area contributed by atoms with Gasteiger partial charge in [-0.05, 0) is 25.7 Å². The summed E-state index contributed by atoms with van der Waals surface area (Å²) in [5, 5.41) is 0. The van der Waals surface area contributed by atoms with Gasteiger partial charge < -0.3 is 9.80 Å². The van der Waals surface area contributed by atoms with Crippen molar-refractivity contribution < 1.29 is 0 Å². The van der Waals surface area contributed by atoms with Crippen LogP contribution in [0.3, 0.4) is 0 Å². The first kappa shape index (κ1) is 42.4. The quantitative estimate of drug-likeness (QED) is 0.0630. The monoisotopic (exact) mass is 631 g/mol. The van der Waals surface area contributed by atoms with Crippen molar-refractivity contribution in [2.45, 2.75) is 252 Å². The lowest BCUT2D eigenvalue weighted by molar-refractivity contribution is 0.135. The highest BCUT2D eigenvalue weighted by Crippen LogP contribution is 2.24. The summed E-state index contributed by atoms with van der Waals surface area (Å²) in [6, 6.07) is 0. The highest BCUT2D eigenvalue weighted by molar-refractivity contribution is 4.97. The highest BCUT2D eigenvalue weighted by atomic mass is 15.4. The maximum absolute atomic E-state index is 2.72. The van der Waals surface area contributed by atoms with Crippen molar-refractivity contribution in [2.24, 2.45) is 0 Å². The predicted molar refractivity (Wildman–Crippen MR) is 205 cm³/mol. The number of unbranched alkanes of at least 4 members (excludes halogenated alkanes) is 31. The van der Waals surface area contributed by atoms with Gasteiger partial charge >= 0.3 is 0 Å². The molecule has 1 aliphatic heterocycles. The molecule has 0 radical (unpaired) electrons. The van der Waals surface area contributed by atoms with E-state index in [4.69, 9.17) is 0 Å². The zero-order valence-corrected chi connectivity index (χ0v) is 31.8. The number of nitrogens with zero attached hydrogens (tertiary/aromatic N) is 2. The standard InChI is InChI=1S/C43H86N2/c1-4-7-10-13-16-18-20-22-23-24-25-27-29-31-34-37-40-45-42-41-44(43(45)38-35-32-15-12-9-6-3)39-36-33-30-28-26-21-19-17-14-11-8-5-2/h41-43H,4-40H2,1-3H3. The molecule has 0 bridgehead atoms. The Kier molecular flexibility index (Phi) is 32.6. The zero-order chi connectivity index (χ0) is 32.3. The van der Waals surface area contributed by atoms with Crippen LogP contribution in [0.4, 0.5) is 0 Å². The van der Waals surface area contributed by atoms with E-state index < -0.39 is 0 Å². The maximum Gasteiger partial charge on any atom is 0.101 e. The molecule has 268 valence electrons. The summed E-state index contributed by atoms with van der Waals surface area (Å²) in [5.74, 6) is 0. The molecular weight excluding hydrogens is 544 g/mol. The summed E-state index contributed by atoms with van der Waals surface area (Å²) < 4.78 is 0. The normalized spacial score (nSPS) is 14.8. The van der Waals surface area contributed by atoms with Crippen molar-refractivity contribution in [1.29, 1.82) is 0 Å². The Morgan fingerprint density at radius 1 is 0.289 bits per heavy atom. The van der Waals surface area contributed by atoms with Crippen molar-refractivity contribution in [3.05, 3.63) is 12.4 Å². The third-order valence-corrected chi connectivity index (χ3v) is 10.6. The zero-order valence-electron chi connectivity index (χ0n) is 31.8. The second kappa shape index (κ2) is 34.7. The molecule has 0 aliphatic carbocycles. The van der Waals surface area contributed by atoms with Gasteiger partial charge in [0, 0.05) is 25.5 Å². The summed E-state index contributed by atoms with van der Waals surface area (Å²) in [7, 11) is 0. The van der Waals surface area contributed by atoms with Gasteiger partial charge in [0.25, 0.3) is 0 Å². The van der Waals surface area contributed by atoms with E-state index in [1.165, 1.54) is 238 Å².